The summed E-state index contributed by atoms with van der Waals surface area (Å²) in [5.74, 6) is -4.92. The number of aliphatic hydroxyl groups is 4. The number of ketones is 4. The Bertz CT molecular complexity index is 569. The van der Waals surface area contributed by atoms with Gasteiger partial charge in [-0.25, -0.2) is 0 Å². The first-order valence-corrected chi connectivity index (χ1v) is 6.82. The lowest BCUT2D eigenvalue weighted by Gasteiger charge is -2.54. The van der Waals surface area contributed by atoms with Crippen LogP contribution < -0.4 is 0 Å². The largest absolute Gasteiger partial charge is 0.386 e. The molecule has 0 amide bonds. The molecule has 0 bridgehead atoms. The molecule has 23 heavy (non-hydrogen) atoms. The molecule has 1 heterocycles. The Morgan fingerprint density at radius 3 is 1.78 bits per heavy atom. The van der Waals surface area contributed by atoms with E-state index in [0.717, 1.165) is 27.7 Å². The molecule has 1 unspecified atom stereocenters. The van der Waals surface area contributed by atoms with Crippen molar-refractivity contribution in [1.82, 2.24) is 0 Å². The zero-order chi connectivity index (χ0) is 18.4. The summed E-state index contributed by atoms with van der Waals surface area (Å²) in [7, 11) is 0. The molecular weight excluding hydrogens is 312 g/mol. The molecule has 130 valence electrons. The first kappa shape index (κ1) is 19.5. The van der Waals surface area contributed by atoms with Gasteiger partial charge < -0.3 is 25.2 Å². The second-order valence-corrected chi connectivity index (χ2v) is 5.78. The van der Waals surface area contributed by atoms with Crippen molar-refractivity contribution >= 4 is 23.1 Å². The molecule has 0 spiro atoms. The summed E-state index contributed by atoms with van der Waals surface area (Å²) >= 11 is 0. The number of Topliss-reactive ketones (excluding diaryl/α,β-unsaturated/α-hetero) is 4. The van der Waals surface area contributed by atoms with Crippen molar-refractivity contribution in [3.63, 3.8) is 0 Å². The summed E-state index contributed by atoms with van der Waals surface area (Å²) in [4.78, 5) is 47.8. The van der Waals surface area contributed by atoms with Crippen LogP contribution in [0.1, 0.15) is 27.7 Å². The maximum Gasteiger partial charge on any atom is 0.199 e. The van der Waals surface area contributed by atoms with Crippen LogP contribution in [0.2, 0.25) is 0 Å². The van der Waals surface area contributed by atoms with Gasteiger partial charge in [-0.15, -0.1) is 0 Å². The molecule has 5 atom stereocenters. The van der Waals surface area contributed by atoms with Gasteiger partial charge >= 0.3 is 0 Å². The third-order valence-electron chi connectivity index (χ3n) is 4.29. The number of hydrogen-bond donors (Lipinski definition) is 4. The van der Waals surface area contributed by atoms with Crippen LogP contribution >= 0.6 is 0 Å². The minimum Gasteiger partial charge on any atom is -0.386 e. The first-order chi connectivity index (χ1) is 10.3. The maximum absolute atomic E-state index is 12.0. The Morgan fingerprint density at radius 1 is 1.00 bits per heavy atom. The van der Waals surface area contributed by atoms with Gasteiger partial charge in [0.05, 0.1) is 6.61 Å². The van der Waals surface area contributed by atoms with Gasteiger partial charge in [0.15, 0.2) is 46.0 Å². The Balaban J connectivity index is 3.74. The molecule has 0 aromatic heterocycles. The summed E-state index contributed by atoms with van der Waals surface area (Å²) in [6.45, 7) is 2.35. The van der Waals surface area contributed by atoms with E-state index in [0.29, 0.717) is 0 Å². The second kappa shape index (κ2) is 5.84. The van der Waals surface area contributed by atoms with E-state index in [1.807, 2.05) is 0 Å². The molecule has 0 aromatic rings. The van der Waals surface area contributed by atoms with Gasteiger partial charge in [-0.3, -0.25) is 19.2 Å². The minimum absolute atomic E-state index is 0.747. The van der Waals surface area contributed by atoms with Gasteiger partial charge in [0.2, 0.25) is 0 Å². The molecule has 0 saturated carbocycles. The number of aliphatic hydroxyl groups excluding tert-OH is 1. The van der Waals surface area contributed by atoms with Crippen LogP contribution in [-0.2, 0) is 23.9 Å². The van der Waals surface area contributed by atoms with Crippen molar-refractivity contribution in [2.45, 2.75) is 56.7 Å². The molecule has 4 N–H and O–H groups in total. The highest BCUT2D eigenvalue weighted by Gasteiger charge is 2.76. The lowest BCUT2D eigenvalue weighted by atomic mass is 9.61. The van der Waals surface area contributed by atoms with Crippen LogP contribution in [0.3, 0.4) is 0 Å². The van der Waals surface area contributed by atoms with E-state index >= 15 is 0 Å². The van der Waals surface area contributed by atoms with Gasteiger partial charge in [0, 0.05) is 0 Å². The molecular formula is C14H20O9. The molecule has 0 aliphatic carbocycles. The highest BCUT2D eigenvalue weighted by Crippen LogP contribution is 2.44. The average molecular weight is 332 g/mol. The van der Waals surface area contributed by atoms with Gasteiger partial charge in [-0.2, -0.15) is 0 Å². The fraction of sp³-hybridized carbons (Fsp3) is 0.714. The van der Waals surface area contributed by atoms with Gasteiger partial charge in [0.25, 0.3) is 0 Å². The lowest BCUT2D eigenvalue weighted by molar-refractivity contribution is -0.290. The molecule has 9 nitrogen and oxygen atoms in total. The first-order valence-electron chi connectivity index (χ1n) is 6.82. The van der Waals surface area contributed by atoms with E-state index in [9.17, 15) is 39.6 Å². The molecule has 1 rings (SSSR count). The van der Waals surface area contributed by atoms with E-state index in [2.05, 4.69) is 0 Å². The van der Waals surface area contributed by atoms with Crippen LogP contribution in [0.5, 0.6) is 0 Å². The van der Waals surface area contributed by atoms with Crippen LogP contribution in [0.15, 0.2) is 0 Å². The SMILES string of the molecule is CC(=O)[C@@]1(O)[C@](O)(C(C)=O)CO[C@H](C(=O)C(C)O)[C@]1(O)C(C)=O. The summed E-state index contributed by atoms with van der Waals surface area (Å²) in [5, 5.41) is 41.3. The standard InChI is InChI=1S/C14H20O9/c1-6(15)10(19)11-13(21,8(3)17)14(22,9(4)18)12(20,5-23-11)7(2)16/h6,11,15,20-22H,5H2,1-4H3/t6?,11-,12-,13-,14-/m1/s1. The molecule has 9 heteroatoms. The smallest absolute Gasteiger partial charge is 0.199 e. The zero-order valence-electron chi connectivity index (χ0n) is 13.2. The maximum atomic E-state index is 12.0. The number of carbonyl (C=O) groups excluding carboxylic acids is 4. The van der Waals surface area contributed by atoms with Gasteiger partial charge in [-0.05, 0) is 27.7 Å². The van der Waals surface area contributed by atoms with Gasteiger partial charge in [0.1, 0.15) is 6.10 Å². The number of carbonyl (C=O) groups is 4. The Kier molecular flexibility index (Phi) is 4.96. The topological polar surface area (TPSA) is 158 Å². The molecule has 1 saturated heterocycles. The molecule has 1 fully saturated rings. The van der Waals surface area contributed by atoms with Crippen LogP contribution in [0.4, 0.5) is 0 Å². The molecule has 0 aromatic carbocycles. The summed E-state index contributed by atoms with van der Waals surface area (Å²) < 4.78 is 4.94. The van der Waals surface area contributed by atoms with Crippen LogP contribution in [-0.4, -0.2) is 79.2 Å². The molecule has 0 radical (unpaired) electrons. The van der Waals surface area contributed by atoms with E-state index in [4.69, 9.17) is 4.74 Å². The van der Waals surface area contributed by atoms with Crippen molar-refractivity contribution in [1.29, 1.82) is 0 Å². The van der Waals surface area contributed by atoms with Crippen molar-refractivity contribution in [3.05, 3.63) is 0 Å². The van der Waals surface area contributed by atoms with Crippen molar-refractivity contribution in [2.75, 3.05) is 6.61 Å². The third-order valence-corrected chi connectivity index (χ3v) is 4.29. The van der Waals surface area contributed by atoms with Crippen molar-refractivity contribution < 1.29 is 44.3 Å². The summed E-state index contributed by atoms with van der Waals surface area (Å²) in [6.07, 6.45) is -3.82. The second-order valence-electron chi connectivity index (χ2n) is 5.78. The summed E-state index contributed by atoms with van der Waals surface area (Å²) in [5.41, 5.74) is -9.49. The van der Waals surface area contributed by atoms with E-state index < -0.39 is 58.8 Å². The van der Waals surface area contributed by atoms with Crippen molar-refractivity contribution in [2.24, 2.45) is 0 Å². The zero-order valence-corrected chi connectivity index (χ0v) is 13.2. The fourth-order valence-corrected chi connectivity index (χ4v) is 2.80. The number of ether oxygens (including phenoxy) is 1. The van der Waals surface area contributed by atoms with Gasteiger partial charge in [-0.1, -0.05) is 0 Å². The Morgan fingerprint density at radius 2 is 1.48 bits per heavy atom. The predicted octanol–water partition coefficient (Wildman–Crippen LogP) is -2.70. The van der Waals surface area contributed by atoms with E-state index in [1.165, 1.54) is 0 Å². The van der Waals surface area contributed by atoms with E-state index in [1.54, 1.807) is 0 Å². The van der Waals surface area contributed by atoms with Crippen LogP contribution in [0.25, 0.3) is 0 Å². The minimum atomic E-state index is -3.31. The number of rotatable bonds is 5. The molecule has 1 aliphatic heterocycles. The normalized spacial score (nSPS) is 38.7. The van der Waals surface area contributed by atoms with E-state index in [-0.39, 0.29) is 0 Å². The van der Waals surface area contributed by atoms with Crippen molar-refractivity contribution in [3.8, 4) is 0 Å². The number of hydrogen-bond acceptors (Lipinski definition) is 9. The Labute approximate surface area is 131 Å². The highest BCUT2D eigenvalue weighted by atomic mass is 16.5. The average Bonchev–Trinajstić information content (AvgIpc) is 2.43. The summed E-state index contributed by atoms with van der Waals surface area (Å²) in [6, 6.07) is 0. The third kappa shape index (κ3) is 2.36. The lowest BCUT2D eigenvalue weighted by Crippen LogP contribution is -2.84. The Hall–Kier alpha value is -1.52. The monoisotopic (exact) mass is 332 g/mol. The highest BCUT2D eigenvalue weighted by molar-refractivity contribution is 6.08. The van der Waals surface area contributed by atoms with Crippen LogP contribution in [0, 0.1) is 0 Å². The predicted molar refractivity (Wildman–Crippen MR) is 73.3 cm³/mol. The quantitative estimate of drug-likeness (QED) is 0.420. The molecule has 1 aliphatic rings. The fourth-order valence-electron chi connectivity index (χ4n) is 2.80.